The maximum Gasteiger partial charge on any atom is 0.225 e. The van der Waals surface area contributed by atoms with Crippen molar-refractivity contribution in [2.24, 2.45) is 0 Å². The summed E-state index contributed by atoms with van der Waals surface area (Å²) < 4.78 is 0. The lowest BCUT2D eigenvalue weighted by molar-refractivity contribution is 0.802. The third-order valence-electron chi connectivity index (χ3n) is 3.24. The molecule has 3 aromatic rings. The van der Waals surface area contributed by atoms with Gasteiger partial charge in [0.15, 0.2) is 0 Å². The van der Waals surface area contributed by atoms with E-state index < -0.39 is 0 Å². The predicted octanol–water partition coefficient (Wildman–Crippen LogP) is 4.56. The van der Waals surface area contributed by atoms with Crippen LogP contribution in [0.25, 0.3) is 10.2 Å². The van der Waals surface area contributed by atoms with E-state index in [0.717, 1.165) is 22.6 Å². The van der Waals surface area contributed by atoms with Crippen LogP contribution in [0.3, 0.4) is 0 Å². The number of hydrogen-bond donors (Lipinski definition) is 1. The number of aromatic nitrogens is 2. The van der Waals surface area contributed by atoms with Crippen LogP contribution in [0, 0.1) is 0 Å². The van der Waals surface area contributed by atoms with Crippen LogP contribution in [-0.4, -0.2) is 16.5 Å². The number of nitrogens with one attached hydrogen (secondary N) is 1. The van der Waals surface area contributed by atoms with E-state index in [4.69, 9.17) is 11.6 Å². The summed E-state index contributed by atoms with van der Waals surface area (Å²) in [6, 6.07) is 12.4. The zero-order valence-electron chi connectivity index (χ0n) is 11.0. The standard InChI is InChI=1S/C15H14ClN3S/c1-10(11-5-3-2-4-6-11)9-17-13-12-7-8-20-14(12)19-15(16)18-13/h2-8,10H,9H2,1H3,(H,17,18,19). The van der Waals surface area contributed by atoms with Crippen LogP contribution < -0.4 is 5.32 Å². The van der Waals surface area contributed by atoms with Gasteiger partial charge >= 0.3 is 0 Å². The summed E-state index contributed by atoms with van der Waals surface area (Å²) in [6.45, 7) is 3.00. The first-order valence-electron chi connectivity index (χ1n) is 6.43. The second-order valence-electron chi connectivity index (χ2n) is 4.67. The number of fused-ring (bicyclic) bond motifs is 1. The van der Waals surface area contributed by atoms with E-state index in [1.165, 1.54) is 5.56 Å². The molecule has 1 N–H and O–H groups in total. The first-order chi connectivity index (χ1) is 9.74. The summed E-state index contributed by atoms with van der Waals surface area (Å²) in [5.41, 5.74) is 1.31. The molecule has 2 aromatic heterocycles. The van der Waals surface area contributed by atoms with Crippen LogP contribution in [0.5, 0.6) is 0 Å². The lowest BCUT2D eigenvalue weighted by atomic mass is 10.0. The maximum atomic E-state index is 5.96. The zero-order valence-corrected chi connectivity index (χ0v) is 12.6. The summed E-state index contributed by atoms with van der Waals surface area (Å²) in [5, 5.41) is 6.70. The van der Waals surface area contributed by atoms with Gasteiger partial charge in [0, 0.05) is 6.54 Å². The topological polar surface area (TPSA) is 37.8 Å². The van der Waals surface area contributed by atoms with Gasteiger partial charge in [0.1, 0.15) is 10.6 Å². The van der Waals surface area contributed by atoms with E-state index in [9.17, 15) is 0 Å². The van der Waals surface area contributed by atoms with Gasteiger partial charge in [0.25, 0.3) is 0 Å². The molecule has 0 bridgehead atoms. The minimum atomic E-state index is 0.287. The van der Waals surface area contributed by atoms with E-state index in [1.807, 2.05) is 17.5 Å². The number of benzene rings is 1. The van der Waals surface area contributed by atoms with Crippen molar-refractivity contribution < 1.29 is 0 Å². The fourth-order valence-corrected chi connectivity index (χ4v) is 3.10. The van der Waals surface area contributed by atoms with Gasteiger partial charge in [-0.05, 0) is 34.5 Å². The fourth-order valence-electron chi connectivity index (χ4n) is 2.11. The Morgan fingerprint density at radius 2 is 2.00 bits per heavy atom. The number of halogens is 1. The summed E-state index contributed by atoms with van der Waals surface area (Å²) in [5.74, 6) is 1.21. The molecule has 3 nitrogen and oxygen atoms in total. The third-order valence-corrected chi connectivity index (χ3v) is 4.22. The van der Waals surface area contributed by atoms with Gasteiger partial charge in [-0.15, -0.1) is 11.3 Å². The minimum Gasteiger partial charge on any atom is -0.369 e. The molecule has 1 atom stereocenters. The van der Waals surface area contributed by atoms with Gasteiger partial charge in [0.2, 0.25) is 5.28 Å². The van der Waals surface area contributed by atoms with Crippen molar-refractivity contribution in [2.45, 2.75) is 12.8 Å². The summed E-state index contributed by atoms with van der Waals surface area (Å²) in [4.78, 5) is 9.42. The molecule has 0 aliphatic rings. The molecule has 2 heterocycles. The zero-order chi connectivity index (χ0) is 13.9. The average Bonchev–Trinajstić information content (AvgIpc) is 2.93. The summed E-state index contributed by atoms with van der Waals surface area (Å²) >= 11 is 7.53. The second-order valence-corrected chi connectivity index (χ2v) is 5.91. The van der Waals surface area contributed by atoms with E-state index >= 15 is 0 Å². The monoisotopic (exact) mass is 303 g/mol. The molecular weight excluding hydrogens is 290 g/mol. The lowest BCUT2D eigenvalue weighted by Gasteiger charge is -2.14. The molecule has 5 heteroatoms. The average molecular weight is 304 g/mol. The molecule has 102 valence electrons. The van der Waals surface area contributed by atoms with Gasteiger partial charge in [-0.3, -0.25) is 0 Å². The molecule has 0 saturated heterocycles. The minimum absolute atomic E-state index is 0.287. The van der Waals surface area contributed by atoms with Crippen LogP contribution in [0.15, 0.2) is 41.8 Å². The number of nitrogens with zero attached hydrogens (tertiary/aromatic N) is 2. The molecule has 3 rings (SSSR count). The number of anilines is 1. The third kappa shape index (κ3) is 2.76. The molecule has 0 amide bonds. The molecule has 0 radical (unpaired) electrons. The predicted molar refractivity (Wildman–Crippen MR) is 85.8 cm³/mol. The quantitative estimate of drug-likeness (QED) is 0.718. The van der Waals surface area contributed by atoms with E-state index in [-0.39, 0.29) is 5.28 Å². The highest BCUT2D eigenvalue weighted by Crippen LogP contribution is 2.27. The Balaban J connectivity index is 1.78. The van der Waals surface area contributed by atoms with E-state index in [2.05, 4.69) is 46.5 Å². The Labute approximate surface area is 126 Å². The first-order valence-corrected chi connectivity index (χ1v) is 7.69. The van der Waals surface area contributed by atoms with Gasteiger partial charge < -0.3 is 5.32 Å². The number of rotatable bonds is 4. The lowest BCUT2D eigenvalue weighted by Crippen LogP contribution is -2.11. The van der Waals surface area contributed by atoms with Gasteiger partial charge in [-0.2, -0.15) is 0 Å². The molecule has 20 heavy (non-hydrogen) atoms. The Morgan fingerprint density at radius 1 is 1.20 bits per heavy atom. The molecule has 0 fully saturated rings. The molecule has 1 unspecified atom stereocenters. The van der Waals surface area contributed by atoms with Crippen molar-refractivity contribution in [1.29, 1.82) is 0 Å². The van der Waals surface area contributed by atoms with Crippen LogP contribution in [0.1, 0.15) is 18.4 Å². The van der Waals surface area contributed by atoms with Crippen molar-refractivity contribution >= 4 is 39.0 Å². The van der Waals surface area contributed by atoms with Crippen molar-refractivity contribution in [3.63, 3.8) is 0 Å². The Bertz CT molecular complexity index is 711. The highest BCUT2D eigenvalue weighted by Gasteiger charge is 2.10. The van der Waals surface area contributed by atoms with Crippen molar-refractivity contribution in [3.8, 4) is 0 Å². The normalized spacial score (nSPS) is 12.5. The smallest absolute Gasteiger partial charge is 0.225 e. The molecule has 0 saturated carbocycles. The van der Waals surface area contributed by atoms with E-state index in [0.29, 0.717) is 5.92 Å². The molecule has 1 aromatic carbocycles. The van der Waals surface area contributed by atoms with Crippen LogP contribution in [0.2, 0.25) is 5.28 Å². The SMILES string of the molecule is CC(CNc1nc(Cl)nc2sccc12)c1ccccc1. The van der Waals surface area contributed by atoms with Crippen LogP contribution in [0.4, 0.5) is 5.82 Å². The van der Waals surface area contributed by atoms with Crippen molar-refractivity contribution in [3.05, 3.63) is 52.6 Å². The first kappa shape index (κ1) is 13.3. The van der Waals surface area contributed by atoms with Gasteiger partial charge in [0.05, 0.1) is 5.39 Å². The van der Waals surface area contributed by atoms with Gasteiger partial charge in [-0.25, -0.2) is 9.97 Å². The summed E-state index contributed by atoms with van der Waals surface area (Å²) in [6.07, 6.45) is 0. The second kappa shape index (κ2) is 5.77. The number of hydrogen-bond acceptors (Lipinski definition) is 4. The van der Waals surface area contributed by atoms with Crippen molar-refractivity contribution in [2.75, 3.05) is 11.9 Å². The number of thiophene rings is 1. The Kier molecular flexibility index (Phi) is 3.85. The van der Waals surface area contributed by atoms with Crippen LogP contribution in [-0.2, 0) is 0 Å². The van der Waals surface area contributed by atoms with E-state index in [1.54, 1.807) is 11.3 Å². The van der Waals surface area contributed by atoms with Crippen LogP contribution >= 0.6 is 22.9 Å². The molecule has 0 spiro atoms. The molecule has 0 aliphatic heterocycles. The van der Waals surface area contributed by atoms with Gasteiger partial charge in [-0.1, -0.05) is 37.3 Å². The Morgan fingerprint density at radius 3 is 2.80 bits per heavy atom. The fraction of sp³-hybridized carbons (Fsp3) is 0.200. The highest BCUT2D eigenvalue weighted by atomic mass is 35.5. The maximum absolute atomic E-state index is 5.96. The molecular formula is C15H14ClN3S. The summed E-state index contributed by atoms with van der Waals surface area (Å²) in [7, 11) is 0. The highest BCUT2D eigenvalue weighted by molar-refractivity contribution is 7.16. The largest absolute Gasteiger partial charge is 0.369 e. The Hall–Kier alpha value is -1.65. The molecule has 0 aliphatic carbocycles. The van der Waals surface area contributed by atoms with Crippen molar-refractivity contribution in [1.82, 2.24) is 9.97 Å².